The third kappa shape index (κ3) is 4.61. The second-order valence-corrected chi connectivity index (χ2v) is 6.64. The van der Waals surface area contributed by atoms with Crippen LogP contribution in [0.4, 0.5) is 0 Å². The second kappa shape index (κ2) is 7.10. The first-order valence-electron chi connectivity index (χ1n) is 7.94. The lowest BCUT2D eigenvalue weighted by molar-refractivity contribution is -0.131. The third-order valence-corrected chi connectivity index (χ3v) is 4.83. The Hall–Kier alpha value is -0.320. The molecule has 3 aliphatic rings. The molecule has 1 amide bonds. The molecule has 0 radical (unpaired) electrons. The number of carbonyl (C=O) groups excluding carboxylic acids is 1. The lowest BCUT2D eigenvalue weighted by Crippen LogP contribution is -2.47. The van der Waals surface area contributed by atoms with Crippen molar-refractivity contribution < 1.29 is 4.79 Å². The average molecular weight is 302 g/mol. The molecule has 20 heavy (non-hydrogen) atoms. The number of nitrogens with one attached hydrogen (secondary N) is 1. The van der Waals surface area contributed by atoms with E-state index in [-0.39, 0.29) is 12.4 Å². The number of likely N-dealkylation sites (tertiary alicyclic amines) is 1. The van der Waals surface area contributed by atoms with Crippen molar-refractivity contribution in [2.24, 2.45) is 5.92 Å². The fraction of sp³-hybridized carbons (Fsp3) is 0.933. The minimum atomic E-state index is 0. The van der Waals surface area contributed by atoms with Crippen molar-refractivity contribution in [2.75, 3.05) is 33.2 Å². The normalized spacial score (nSPS) is 24.2. The molecule has 2 aliphatic carbocycles. The molecule has 1 aliphatic heterocycles. The Kier molecular flexibility index (Phi) is 5.70. The van der Waals surface area contributed by atoms with Gasteiger partial charge in [0.1, 0.15) is 0 Å². The molecule has 0 aromatic carbocycles. The van der Waals surface area contributed by atoms with Gasteiger partial charge in [-0.2, -0.15) is 0 Å². The Morgan fingerprint density at radius 2 is 1.80 bits per heavy atom. The lowest BCUT2D eigenvalue weighted by Gasteiger charge is -2.33. The minimum absolute atomic E-state index is 0. The summed E-state index contributed by atoms with van der Waals surface area (Å²) in [6.45, 7) is 4.00. The van der Waals surface area contributed by atoms with E-state index in [2.05, 4.69) is 10.2 Å². The number of nitrogens with zero attached hydrogens (tertiary/aromatic N) is 2. The van der Waals surface area contributed by atoms with Gasteiger partial charge in [0, 0.05) is 32.2 Å². The predicted molar refractivity (Wildman–Crippen MR) is 83.2 cm³/mol. The number of carbonyl (C=O) groups is 1. The third-order valence-electron chi connectivity index (χ3n) is 4.83. The van der Waals surface area contributed by atoms with E-state index in [1.807, 2.05) is 11.9 Å². The van der Waals surface area contributed by atoms with E-state index >= 15 is 0 Å². The summed E-state index contributed by atoms with van der Waals surface area (Å²) >= 11 is 0. The van der Waals surface area contributed by atoms with Crippen LogP contribution in [-0.4, -0.2) is 61.0 Å². The van der Waals surface area contributed by atoms with E-state index in [0.717, 1.165) is 19.0 Å². The van der Waals surface area contributed by atoms with Crippen LogP contribution < -0.4 is 5.32 Å². The van der Waals surface area contributed by atoms with Crippen molar-refractivity contribution in [3.63, 3.8) is 0 Å². The van der Waals surface area contributed by atoms with Crippen molar-refractivity contribution in [2.45, 2.75) is 50.6 Å². The number of piperidine rings is 1. The first-order chi connectivity index (χ1) is 9.22. The van der Waals surface area contributed by atoms with Crippen LogP contribution in [0.15, 0.2) is 0 Å². The monoisotopic (exact) mass is 301 g/mol. The molecule has 0 atom stereocenters. The maximum Gasteiger partial charge on any atom is 0.236 e. The van der Waals surface area contributed by atoms with Gasteiger partial charge in [-0.15, -0.1) is 12.4 Å². The van der Waals surface area contributed by atoms with Gasteiger partial charge in [0.2, 0.25) is 5.91 Å². The van der Waals surface area contributed by atoms with Gasteiger partial charge in [-0.3, -0.25) is 9.69 Å². The first-order valence-corrected chi connectivity index (χ1v) is 7.94. The Bertz CT molecular complexity index is 323. The highest BCUT2D eigenvalue weighted by Gasteiger charge is 2.31. The van der Waals surface area contributed by atoms with Crippen molar-refractivity contribution in [1.82, 2.24) is 15.1 Å². The van der Waals surface area contributed by atoms with Gasteiger partial charge in [0.15, 0.2) is 0 Å². The number of rotatable bonds is 6. The van der Waals surface area contributed by atoms with Gasteiger partial charge in [0.05, 0.1) is 6.54 Å². The van der Waals surface area contributed by atoms with Gasteiger partial charge in [-0.25, -0.2) is 0 Å². The highest BCUT2D eigenvalue weighted by atomic mass is 35.5. The van der Waals surface area contributed by atoms with Gasteiger partial charge in [-0.05, 0) is 51.0 Å². The quantitative estimate of drug-likeness (QED) is 0.807. The summed E-state index contributed by atoms with van der Waals surface area (Å²) < 4.78 is 0. The van der Waals surface area contributed by atoms with E-state index in [9.17, 15) is 4.79 Å². The van der Waals surface area contributed by atoms with E-state index in [1.165, 1.54) is 45.1 Å². The Balaban J connectivity index is 0.00000147. The molecule has 5 heteroatoms. The summed E-state index contributed by atoms with van der Waals surface area (Å²) in [7, 11) is 1.96. The molecule has 1 heterocycles. The number of likely N-dealkylation sites (N-methyl/N-ethyl adjacent to an activating group) is 1. The maximum atomic E-state index is 12.1. The van der Waals surface area contributed by atoms with Gasteiger partial charge >= 0.3 is 0 Å². The van der Waals surface area contributed by atoms with Crippen molar-refractivity contribution in [1.29, 1.82) is 0 Å². The van der Waals surface area contributed by atoms with Gasteiger partial charge in [0.25, 0.3) is 0 Å². The number of hydrogen-bond donors (Lipinski definition) is 1. The molecule has 4 nitrogen and oxygen atoms in total. The number of halogens is 1. The number of hydrogen-bond acceptors (Lipinski definition) is 3. The molecule has 1 saturated heterocycles. The fourth-order valence-corrected chi connectivity index (χ4v) is 2.92. The van der Waals surface area contributed by atoms with E-state index < -0.39 is 0 Å². The van der Waals surface area contributed by atoms with Gasteiger partial charge in [-0.1, -0.05) is 0 Å². The summed E-state index contributed by atoms with van der Waals surface area (Å²) in [6.07, 6.45) is 7.66. The largest absolute Gasteiger partial charge is 0.342 e. The highest BCUT2D eigenvalue weighted by molar-refractivity contribution is 5.85. The second-order valence-electron chi connectivity index (χ2n) is 6.64. The molecule has 2 saturated carbocycles. The summed E-state index contributed by atoms with van der Waals surface area (Å²) in [6, 6.07) is 1.23. The van der Waals surface area contributed by atoms with Crippen LogP contribution in [0.25, 0.3) is 0 Å². The van der Waals surface area contributed by atoms with Crippen LogP contribution in [0.5, 0.6) is 0 Å². The molecular weight excluding hydrogens is 274 g/mol. The zero-order valence-corrected chi connectivity index (χ0v) is 13.3. The van der Waals surface area contributed by atoms with Crippen LogP contribution in [0.1, 0.15) is 38.5 Å². The molecule has 0 aromatic heterocycles. The molecule has 116 valence electrons. The van der Waals surface area contributed by atoms with Crippen molar-refractivity contribution in [3.05, 3.63) is 0 Å². The molecule has 0 aromatic rings. The summed E-state index contributed by atoms with van der Waals surface area (Å²) in [5.74, 6) is 1.28. The Labute approximate surface area is 128 Å². The minimum Gasteiger partial charge on any atom is -0.342 e. The fourth-order valence-electron chi connectivity index (χ4n) is 2.92. The standard InChI is InChI=1S/C15H27N3O.ClH/c1-17(14-4-5-14)15(19)11-18-8-6-13(7-9-18)16-10-12-2-3-12;/h12-14,16H,2-11H2,1H3;1H. The highest BCUT2D eigenvalue weighted by Crippen LogP contribution is 2.28. The SMILES string of the molecule is CN(C(=O)CN1CCC(NCC2CC2)CC1)C1CC1.Cl. The van der Waals surface area contributed by atoms with Crippen LogP contribution in [0.3, 0.4) is 0 Å². The smallest absolute Gasteiger partial charge is 0.236 e. The summed E-state index contributed by atoms with van der Waals surface area (Å²) in [5.41, 5.74) is 0. The van der Waals surface area contributed by atoms with Crippen LogP contribution >= 0.6 is 12.4 Å². The zero-order valence-electron chi connectivity index (χ0n) is 12.5. The van der Waals surface area contributed by atoms with E-state index in [1.54, 1.807) is 0 Å². The Morgan fingerprint density at radius 1 is 1.15 bits per heavy atom. The van der Waals surface area contributed by atoms with Crippen molar-refractivity contribution >= 4 is 18.3 Å². The molecule has 3 rings (SSSR count). The summed E-state index contributed by atoms with van der Waals surface area (Å²) in [5, 5.41) is 3.69. The van der Waals surface area contributed by atoms with Crippen LogP contribution in [0.2, 0.25) is 0 Å². The van der Waals surface area contributed by atoms with Crippen molar-refractivity contribution in [3.8, 4) is 0 Å². The number of amides is 1. The van der Waals surface area contributed by atoms with Crippen LogP contribution in [0, 0.1) is 5.92 Å². The zero-order chi connectivity index (χ0) is 13.2. The lowest BCUT2D eigenvalue weighted by atomic mass is 10.0. The molecule has 3 fully saturated rings. The molecule has 0 unspecified atom stereocenters. The topological polar surface area (TPSA) is 35.6 Å². The molecule has 0 bridgehead atoms. The van der Waals surface area contributed by atoms with E-state index in [4.69, 9.17) is 0 Å². The Morgan fingerprint density at radius 3 is 2.35 bits per heavy atom. The summed E-state index contributed by atoms with van der Waals surface area (Å²) in [4.78, 5) is 16.4. The first kappa shape index (κ1) is 16.1. The predicted octanol–water partition coefficient (Wildman–Crippen LogP) is 1.49. The molecule has 1 N–H and O–H groups in total. The molecular formula is C15H28ClN3O. The van der Waals surface area contributed by atoms with Gasteiger partial charge < -0.3 is 10.2 Å². The average Bonchev–Trinajstić information content (AvgIpc) is 3.30. The maximum absolute atomic E-state index is 12.1. The molecule has 0 spiro atoms. The van der Waals surface area contributed by atoms with Crippen LogP contribution in [-0.2, 0) is 4.79 Å². The van der Waals surface area contributed by atoms with E-state index in [0.29, 0.717) is 24.5 Å².